The smallest absolute Gasteiger partial charge is 0.258 e. The summed E-state index contributed by atoms with van der Waals surface area (Å²) >= 11 is 0. The Kier molecular flexibility index (Phi) is 3.45. The van der Waals surface area contributed by atoms with Gasteiger partial charge in [-0.05, 0) is 31.2 Å². The van der Waals surface area contributed by atoms with Crippen molar-refractivity contribution < 1.29 is 9.18 Å². The van der Waals surface area contributed by atoms with Crippen molar-refractivity contribution in [3.05, 3.63) is 65.9 Å². The fraction of sp³-hybridized carbons (Fsp3) is 0.222. The van der Waals surface area contributed by atoms with Crippen LogP contribution in [0, 0.1) is 5.82 Å². The molecular formula is C18H17FN4O. The second kappa shape index (κ2) is 5.63. The zero-order valence-electron chi connectivity index (χ0n) is 13.2. The lowest BCUT2D eigenvalue weighted by molar-refractivity contribution is 0.0645. The molecule has 1 aliphatic rings. The molecule has 0 saturated heterocycles. The van der Waals surface area contributed by atoms with Crippen LogP contribution in [0.15, 0.2) is 48.8 Å². The molecule has 0 saturated carbocycles. The number of hydrogen-bond acceptors (Lipinski definition) is 2. The minimum Gasteiger partial charge on any atom is -0.348 e. The highest BCUT2D eigenvalue weighted by Crippen LogP contribution is 2.29. The first kappa shape index (κ1) is 14.7. The highest BCUT2D eigenvalue weighted by molar-refractivity contribution is 6.00. The first-order chi connectivity index (χ1) is 11.6. The van der Waals surface area contributed by atoms with Gasteiger partial charge in [-0.1, -0.05) is 12.1 Å². The van der Waals surface area contributed by atoms with E-state index in [0.29, 0.717) is 23.4 Å². The lowest BCUT2D eigenvalue weighted by Gasteiger charge is -2.34. The molecule has 5 nitrogen and oxygen atoms in total. The molecular weight excluding hydrogens is 307 g/mol. The number of nitrogens with one attached hydrogen (secondary N) is 1. The van der Waals surface area contributed by atoms with E-state index in [-0.39, 0.29) is 17.8 Å². The van der Waals surface area contributed by atoms with Gasteiger partial charge in [0.25, 0.3) is 5.91 Å². The summed E-state index contributed by atoms with van der Waals surface area (Å²) in [6, 6.07) is 10.2. The predicted octanol–water partition coefficient (Wildman–Crippen LogP) is 3.23. The van der Waals surface area contributed by atoms with Crippen LogP contribution in [0.2, 0.25) is 0 Å². The van der Waals surface area contributed by atoms with Gasteiger partial charge in [-0.2, -0.15) is 5.10 Å². The molecule has 1 N–H and O–H groups in total. The van der Waals surface area contributed by atoms with Gasteiger partial charge in [0, 0.05) is 30.5 Å². The van der Waals surface area contributed by atoms with Crippen LogP contribution in [0.5, 0.6) is 0 Å². The standard InChI is InChI=1S/C18H17FN4O/c1-12-16-6-3-7-22(16)8-9-23(12)18(24)15-11-20-21-17(15)13-4-2-5-14(19)10-13/h2-7,10-12H,8-9H2,1H3,(H,20,21)/t12-/m0/s1. The van der Waals surface area contributed by atoms with Gasteiger partial charge in [-0.15, -0.1) is 0 Å². The molecule has 3 heterocycles. The number of halogens is 1. The highest BCUT2D eigenvalue weighted by atomic mass is 19.1. The molecule has 0 fully saturated rings. The third kappa shape index (κ3) is 2.31. The summed E-state index contributed by atoms with van der Waals surface area (Å²) < 4.78 is 15.7. The van der Waals surface area contributed by atoms with E-state index in [2.05, 4.69) is 14.8 Å². The Morgan fingerprint density at radius 3 is 3.00 bits per heavy atom. The van der Waals surface area contributed by atoms with Crippen LogP contribution in [0.3, 0.4) is 0 Å². The van der Waals surface area contributed by atoms with Gasteiger partial charge in [-0.25, -0.2) is 4.39 Å². The van der Waals surface area contributed by atoms with Gasteiger partial charge in [0.05, 0.1) is 23.5 Å². The monoisotopic (exact) mass is 324 g/mol. The van der Waals surface area contributed by atoms with Crippen LogP contribution >= 0.6 is 0 Å². The van der Waals surface area contributed by atoms with Crippen molar-refractivity contribution in [2.24, 2.45) is 0 Å². The maximum absolute atomic E-state index is 13.5. The van der Waals surface area contributed by atoms with Gasteiger partial charge < -0.3 is 9.47 Å². The number of benzene rings is 1. The van der Waals surface area contributed by atoms with Crippen LogP contribution < -0.4 is 0 Å². The Morgan fingerprint density at radius 2 is 2.17 bits per heavy atom. The average molecular weight is 324 g/mol. The van der Waals surface area contributed by atoms with E-state index < -0.39 is 0 Å². The van der Waals surface area contributed by atoms with E-state index in [4.69, 9.17) is 0 Å². The summed E-state index contributed by atoms with van der Waals surface area (Å²) in [5.41, 5.74) is 2.74. The molecule has 24 heavy (non-hydrogen) atoms. The summed E-state index contributed by atoms with van der Waals surface area (Å²) in [5, 5.41) is 6.83. The van der Waals surface area contributed by atoms with Crippen molar-refractivity contribution in [3.63, 3.8) is 0 Å². The number of aromatic amines is 1. The van der Waals surface area contributed by atoms with Crippen molar-refractivity contribution >= 4 is 5.91 Å². The lowest BCUT2D eigenvalue weighted by Crippen LogP contribution is -2.40. The SMILES string of the molecule is C[C@H]1c2cccn2CCN1C(=O)c1cn[nH]c1-c1cccc(F)c1. The number of rotatable bonds is 2. The van der Waals surface area contributed by atoms with E-state index in [1.807, 2.05) is 30.2 Å². The van der Waals surface area contributed by atoms with E-state index >= 15 is 0 Å². The fourth-order valence-corrected chi connectivity index (χ4v) is 3.32. The largest absolute Gasteiger partial charge is 0.348 e. The first-order valence-corrected chi connectivity index (χ1v) is 7.90. The molecule has 1 amide bonds. The highest BCUT2D eigenvalue weighted by Gasteiger charge is 2.30. The van der Waals surface area contributed by atoms with Crippen LogP contribution in [-0.4, -0.2) is 32.1 Å². The molecule has 0 bridgehead atoms. The normalized spacial score (nSPS) is 16.9. The number of carbonyl (C=O) groups is 1. The van der Waals surface area contributed by atoms with Crippen molar-refractivity contribution in [3.8, 4) is 11.3 Å². The zero-order valence-corrected chi connectivity index (χ0v) is 13.2. The number of amides is 1. The second-order valence-corrected chi connectivity index (χ2v) is 5.97. The summed E-state index contributed by atoms with van der Waals surface area (Å²) in [6.07, 6.45) is 3.55. The molecule has 3 aromatic rings. The maximum Gasteiger partial charge on any atom is 0.258 e. The molecule has 6 heteroatoms. The Labute approximate surface area is 138 Å². The molecule has 2 aromatic heterocycles. The quantitative estimate of drug-likeness (QED) is 0.787. The molecule has 1 aromatic carbocycles. The number of carbonyl (C=O) groups excluding carboxylic acids is 1. The van der Waals surface area contributed by atoms with E-state index in [1.165, 1.54) is 18.3 Å². The Balaban J connectivity index is 1.68. The van der Waals surface area contributed by atoms with E-state index in [0.717, 1.165) is 12.2 Å². The molecule has 122 valence electrons. The molecule has 1 atom stereocenters. The molecule has 0 aliphatic carbocycles. The van der Waals surface area contributed by atoms with Gasteiger partial charge in [0.2, 0.25) is 0 Å². The van der Waals surface area contributed by atoms with Crippen LogP contribution in [-0.2, 0) is 6.54 Å². The van der Waals surface area contributed by atoms with Crippen molar-refractivity contribution in [2.45, 2.75) is 19.5 Å². The summed E-state index contributed by atoms with van der Waals surface area (Å²) in [5.74, 6) is -0.437. The molecule has 0 radical (unpaired) electrons. The summed E-state index contributed by atoms with van der Waals surface area (Å²) in [7, 11) is 0. The van der Waals surface area contributed by atoms with Gasteiger partial charge in [-0.3, -0.25) is 9.89 Å². The predicted molar refractivity (Wildman–Crippen MR) is 87.9 cm³/mol. The number of aromatic nitrogens is 3. The van der Waals surface area contributed by atoms with Gasteiger partial charge in [0.1, 0.15) is 5.82 Å². The summed E-state index contributed by atoms with van der Waals surface area (Å²) in [6.45, 7) is 3.42. The molecule has 4 rings (SSSR count). The number of fused-ring (bicyclic) bond motifs is 1. The van der Waals surface area contributed by atoms with Crippen LogP contribution in [0.1, 0.15) is 29.0 Å². The van der Waals surface area contributed by atoms with Gasteiger partial charge in [0.15, 0.2) is 0 Å². The van der Waals surface area contributed by atoms with Crippen LogP contribution in [0.4, 0.5) is 4.39 Å². The average Bonchev–Trinajstić information content (AvgIpc) is 3.24. The van der Waals surface area contributed by atoms with Crippen molar-refractivity contribution in [1.29, 1.82) is 0 Å². The molecule has 0 unspecified atom stereocenters. The minimum absolute atomic E-state index is 0.0171. The van der Waals surface area contributed by atoms with Crippen LogP contribution in [0.25, 0.3) is 11.3 Å². The minimum atomic E-state index is -0.343. The van der Waals surface area contributed by atoms with Crippen molar-refractivity contribution in [1.82, 2.24) is 19.7 Å². The Bertz CT molecular complexity index is 898. The Morgan fingerprint density at radius 1 is 1.29 bits per heavy atom. The second-order valence-electron chi connectivity index (χ2n) is 5.97. The summed E-state index contributed by atoms with van der Waals surface area (Å²) in [4.78, 5) is 14.9. The topological polar surface area (TPSA) is 53.9 Å². The number of H-pyrrole nitrogens is 1. The first-order valence-electron chi connectivity index (χ1n) is 7.90. The maximum atomic E-state index is 13.5. The third-order valence-corrected chi connectivity index (χ3v) is 4.59. The molecule has 1 aliphatic heterocycles. The number of hydrogen-bond donors (Lipinski definition) is 1. The molecule has 0 spiro atoms. The fourth-order valence-electron chi connectivity index (χ4n) is 3.32. The Hall–Kier alpha value is -2.89. The third-order valence-electron chi connectivity index (χ3n) is 4.59. The van der Waals surface area contributed by atoms with Gasteiger partial charge >= 0.3 is 0 Å². The van der Waals surface area contributed by atoms with Crippen molar-refractivity contribution in [2.75, 3.05) is 6.54 Å². The van der Waals surface area contributed by atoms with E-state index in [1.54, 1.807) is 12.1 Å². The number of nitrogens with zero attached hydrogens (tertiary/aromatic N) is 3. The van der Waals surface area contributed by atoms with E-state index in [9.17, 15) is 9.18 Å². The lowest BCUT2D eigenvalue weighted by atomic mass is 10.1. The zero-order chi connectivity index (χ0) is 16.7.